The fourth-order valence-corrected chi connectivity index (χ4v) is 2.44. The topological polar surface area (TPSA) is 147 Å². The second-order valence-corrected chi connectivity index (χ2v) is 5.29. The molecule has 1 unspecified atom stereocenters. The Labute approximate surface area is 119 Å². The molecule has 2 saturated heterocycles. The summed E-state index contributed by atoms with van der Waals surface area (Å²) in [6, 6.07) is 1.87. The summed E-state index contributed by atoms with van der Waals surface area (Å²) in [5, 5.41) is 19.3. The van der Waals surface area contributed by atoms with Crippen LogP contribution in [0.4, 0.5) is 0 Å². The number of hydrogen-bond donors (Lipinski definition) is 3. The molecule has 4 N–H and O–H groups in total. The van der Waals surface area contributed by atoms with Gasteiger partial charge in [0.05, 0.1) is 6.07 Å². The van der Waals surface area contributed by atoms with Crippen LogP contribution in [0.2, 0.25) is 0 Å². The number of aryl methyl sites for hydroxylation is 1. The Balaban J connectivity index is 1.97. The van der Waals surface area contributed by atoms with Gasteiger partial charge >= 0.3 is 13.2 Å². The summed E-state index contributed by atoms with van der Waals surface area (Å²) in [6.07, 6.45) is -0.833. The van der Waals surface area contributed by atoms with Gasteiger partial charge in [0, 0.05) is 18.2 Å². The minimum Gasteiger partial charge on any atom is -0.421 e. The normalized spacial score (nSPS) is 37.8. The maximum atomic E-state index is 11.8. The lowest BCUT2D eigenvalue weighted by Gasteiger charge is -2.25. The summed E-state index contributed by atoms with van der Waals surface area (Å²) in [5.41, 5.74) is 1.65. The van der Waals surface area contributed by atoms with Crippen molar-refractivity contribution in [1.29, 1.82) is 5.26 Å². The number of aromatic amines is 1. The number of ether oxygens (including phenoxy) is 1. The Morgan fingerprint density at radius 3 is 2.90 bits per heavy atom. The van der Waals surface area contributed by atoms with Gasteiger partial charge in [-0.1, -0.05) is 0 Å². The fourth-order valence-electron chi connectivity index (χ4n) is 2.44. The van der Waals surface area contributed by atoms with E-state index in [1.807, 2.05) is 6.07 Å². The van der Waals surface area contributed by atoms with Gasteiger partial charge in [0.25, 0.3) is 5.56 Å². The highest BCUT2D eigenvalue weighted by atomic mass is 16.6. The molecular formula is C11H12BN4O5. The number of H-pyrrole nitrogens is 1. The van der Waals surface area contributed by atoms with E-state index in [0.717, 1.165) is 4.57 Å². The van der Waals surface area contributed by atoms with E-state index in [2.05, 4.69) is 4.98 Å². The molecule has 2 fully saturated rings. The van der Waals surface area contributed by atoms with Gasteiger partial charge in [-0.2, -0.15) is 5.26 Å². The molecule has 0 aliphatic carbocycles. The molecule has 21 heavy (non-hydrogen) atoms. The second kappa shape index (κ2) is 4.28. The van der Waals surface area contributed by atoms with E-state index in [4.69, 9.17) is 20.4 Å². The monoisotopic (exact) mass is 291 g/mol. The fraction of sp³-hybridized carbons (Fsp3) is 0.545. The first-order valence-electron chi connectivity index (χ1n) is 6.21. The molecule has 2 aliphatic heterocycles. The van der Waals surface area contributed by atoms with Crippen LogP contribution in [0, 0.1) is 18.3 Å². The number of aromatic nitrogens is 2. The summed E-state index contributed by atoms with van der Waals surface area (Å²) in [6.45, 7) is 1.53. The Morgan fingerprint density at radius 2 is 2.33 bits per heavy atom. The maximum absolute atomic E-state index is 11.8. The predicted octanol–water partition coefficient (Wildman–Crippen LogP) is -2.35. The smallest absolute Gasteiger partial charge is 0.350 e. The molecule has 9 nitrogen and oxygen atoms in total. The minimum atomic E-state index is -1.84. The van der Waals surface area contributed by atoms with Crippen molar-refractivity contribution < 1.29 is 14.5 Å². The van der Waals surface area contributed by atoms with Gasteiger partial charge in [-0.15, -0.1) is 0 Å². The van der Waals surface area contributed by atoms with E-state index in [1.54, 1.807) is 0 Å². The summed E-state index contributed by atoms with van der Waals surface area (Å²) in [7, 11) is 1.22. The van der Waals surface area contributed by atoms with Crippen molar-refractivity contribution >= 4 is 7.48 Å². The highest BCUT2D eigenvalue weighted by Crippen LogP contribution is 2.43. The van der Waals surface area contributed by atoms with Gasteiger partial charge in [0.15, 0.2) is 5.50 Å². The molecule has 109 valence electrons. The Morgan fingerprint density at radius 1 is 1.67 bits per heavy atom. The van der Waals surface area contributed by atoms with Crippen LogP contribution in [0.25, 0.3) is 0 Å². The SMILES string of the molecule is Cc1cn([C@H]2C[C@](N)(O)[C@@H](C3(C#N)[B]O3)O2)c(=O)[nH]c1=O. The van der Waals surface area contributed by atoms with Gasteiger partial charge < -0.3 is 20.2 Å². The van der Waals surface area contributed by atoms with E-state index in [1.165, 1.54) is 20.6 Å². The molecule has 3 heterocycles. The van der Waals surface area contributed by atoms with Crippen molar-refractivity contribution in [2.45, 2.75) is 36.9 Å². The van der Waals surface area contributed by atoms with Crippen LogP contribution in [0.15, 0.2) is 15.8 Å². The van der Waals surface area contributed by atoms with Crippen molar-refractivity contribution in [3.05, 3.63) is 32.6 Å². The van der Waals surface area contributed by atoms with E-state index in [9.17, 15) is 14.7 Å². The Bertz CT molecular complexity index is 744. The molecule has 1 radical (unpaired) electrons. The third-order valence-corrected chi connectivity index (χ3v) is 3.64. The molecule has 1 aromatic rings. The molecule has 4 atom stereocenters. The third kappa shape index (κ3) is 2.11. The first-order chi connectivity index (χ1) is 9.79. The highest BCUT2D eigenvalue weighted by Gasteiger charge is 2.65. The van der Waals surface area contributed by atoms with Crippen molar-refractivity contribution in [2.24, 2.45) is 5.73 Å². The summed E-state index contributed by atoms with van der Waals surface area (Å²) in [5.74, 6) is 0. The first-order valence-corrected chi connectivity index (χ1v) is 6.21. The summed E-state index contributed by atoms with van der Waals surface area (Å²) in [4.78, 5) is 25.3. The van der Waals surface area contributed by atoms with Crippen molar-refractivity contribution in [1.82, 2.24) is 9.55 Å². The number of aliphatic hydroxyl groups is 1. The Kier molecular flexibility index (Phi) is 2.86. The van der Waals surface area contributed by atoms with Gasteiger partial charge in [-0.3, -0.25) is 14.3 Å². The van der Waals surface area contributed by atoms with Gasteiger partial charge in [-0.25, -0.2) is 4.79 Å². The van der Waals surface area contributed by atoms with Crippen LogP contribution in [-0.2, 0) is 9.39 Å². The van der Waals surface area contributed by atoms with Crippen LogP contribution in [-0.4, -0.2) is 39.5 Å². The zero-order chi connectivity index (χ0) is 15.4. The van der Waals surface area contributed by atoms with Crippen molar-refractivity contribution in [2.75, 3.05) is 0 Å². The molecule has 0 aromatic carbocycles. The van der Waals surface area contributed by atoms with Crippen LogP contribution < -0.4 is 17.0 Å². The first kappa shape index (κ1) is 14.0. The van der Waals surface area contributed by atoms with Crippen molar-refractivity contribution in [3.63, 3.8) is 0 Å². The van der Waals surface area contributed by atoms with Gasteiger partial charge in [0.1, 0.15) is 18.1 Å². The summed E-state index contributed by atoms with van der Waals surface area (Å²) >= 11 is 0. The zero-order valence-electron chi connectivity index (χ0n) is 11.1. The second-order valence-electron chi connectivity index (χ2n) is 5.29. The molecule has 2 aliphatic rings. The van der Waals surface area contributed by atoms with E-state index < -0.39 is 34.8 Å². The summed E-state index contributed by atoms with van der Waals surface area (Å²) < 4.78 is 11.6. The third-order valence-electron chi connectivity index (χ3n) is 3.64. The number of nitriles is 1. The van der Waals surface area contributed by atoms with Crippen molar-refractivity contribution in [3.8, 4) is 6.07 Å². The van der Waals surface area contributed by atoms with Crippen LogP contribution >= 0.6 is 0 Å². The lowest BCUT2D eigenvalue weighted by atomic mass is 9.79. The van der Waals surface area contributed by atoms with E-state index in [-0.39, 0.29) is 6.42 Å². The molecule has 10 heteroatoms. The quantitative estimate of drug-likeness (QED) is 0.314. The average molecular weight is 291 g/mol. The molecule has 0 bridgehead atoms. The van der Waals surface area contributed by atoms with E-state index in [0.29, 0.717) is 5.56 Å². The highest BCUT2D eigenvalue weighted by molar-refractivity contribution is 6.44. The predicted molar refractivity (Wildman–Crippen MR) is 68.9 cm³/mol. The lowest BCUT2D eigenvalue weighted by Crippen LogP contribution is -2.54. The molecular weight excluding hydrogens is 279 g/mol. The minimum absolute atomic E-state index is 0.121. The largest absolute Gasteiger partial charge is 0.421 e. The Hall–Kier alpha value is -1.93. The number of nitrogens with one attached hydrogen (secondary N) is 1. The van der Waals surface area contributed by atoms with E-state index >= 15 is 0 Å². The molecule has 0 saturated carbocycles. The molecule has 3 rings (SSSR count). The number of hydrogen-bond acceptors (Lipinski definition) is 7. The van der Waals surface area contributed by atoms with Gasteiger partial charge in [-0.05, 0) is 6.92 Å². The molecule has 1 aromatic heterocycles. The lowest BCUT2D eigenvalue weighted by molar-refractivity contribution is -0.0825. The van der Waals surface area contributed by atoms with Gasteiger partial charge in [0.2, 0.25) is 0 Å². The number of nitrogens with two attached hydrogens (primary N) is 1. The number of rotatable bonds is 2. The molecule has 0 amide bonds. The van der Waals surface area contributed by atoms with Crippen LogP contribution in [0.3, 0.4) is 0 Å². The number of nitrogens with zero attached hydrogens (tertiary/aromatic N) is 2. The average Bonchev–Trinajstić information content (AvgIpc) is 3.13. The standard InChI is InChI=1S/C11H12BN4O5/c1-5-3-16(9(18)15-7(5)17)6-2-11(14,19)8(20-6)10(4-13)12-21-10/h3,6,8,19H,2,14H2,1H3,(H,15,17,18)/t6-,8-,10?,11+/m1/s1. The zero-order valence-corrected chi connectivity index (χ0v) is 11.1. The maximum Gasteiger partial charge on any atom is 0.350 e. The van der Waals surface area contributed by atoms with Crippen LogP contribution in [0.5, 0.6) is 0 Å². The van der Waals surface area contributed by atoms with Crippen LogP contribution in [0.1, 0.15) is 18.2 Å². The molecule has 0 spiro atoms.